The third-order valence-electron chi connectivity index (χ3n) is 4.05. The van der Waals surface area contributed by atoms with Crippen molar-refractivity contribution in [2.45, 2.75) is 13.0 Å². The molecule has 0 atom stereocenters. The zero-order valence-electron chi connectivity index (χ0n) is 13.4. The smallest absolute Gasteiger partial charge is 0.287 e. The zero-order chi connectivity index (χ0) is 16.1. The number of pyridine rings is 1. The van der Waals surface area contributed by atoms with E-state index in [1.807, 2.05) is 18.3 Å². The van der Waals surface area contributed by atoms with Gasteiger partial charge in [-0.05, 0) is 43.8 Å². The van der Waals surface area contributed by atoms with Crippen molar-refractivity contribution in [2.24, 2.45) is 0 Å². The van der Waals surface area contributed by atoms with Crippen molar-refractivity contribution >= 4 is 11.7 Å². The molecule has 1 N–H and O–H groups in total. The van der Waals surface area contributed by atoms with Crippen molar-refractivity contribution in [3.8, 4) is 0 Å². The van der Waals surface area contributed by atoms with Gasteiger partial charge < -0.3 is 19.5 Å². The zero-order valence-corrected chi connectivity index (χ0v) is 13.4. The highest BCUT2D eigenvalue weighted by Gasteiger charge is 2.13. The molecule has 0 aliphatic carbocycles. The number of nitrogens with zero attached hydrogens (tertiary/aromatic N) is 3. The van der Waals surface area contributed by atoms with E-state index in [1.165, 1.54) is 6.26 Å². The number of aromatic nitrogens is 1. The average molecular weight is 314 g/mol. The van der Waals surface area contributed by atoms with Gasteiger partial charge >= 0.3 is 0 Å². The minimum absolute atomic E-state index is 0.213. The van der Waals surface area contributed by atoms with E-state index in [-0.39, 0.29) is 5.91 Å². The monoisotopic (exact) mass is 314 g/mol. The van der Waals surface area contributed by atoms with E-state index >= 15 is 0 Å². The Bertz CT molecular complexity index is 625. The minimum Gasteiger partial charge on any atom is -0.459 e. The Morgan fingerprint density at radius 2 is 2.17 bits per heavy atom. The van der Waals surface area contributed by atoms with Crippen LogP contribution < -0.4 is 10.2 Å². The first-order valence-corrected chi connectivity index (χ1v) is 7.92. The van der Waals surface area contributed by atoms with Crippen LogP contribution in [0, 0.1) is 0 Å². The molecule has 1 saturated heterocycles. The van der Waals surface area contributed by atoms with Gasteiger partial charge in [-0.15, -0.1) is 0 Å². The maximum atomic E-state index is 11.8. The van der Waals surface area contributed by atoms with Crippen LogP contribution in [0.5, 0.6) is 0 Å². The van der Waals surface area contributed by atoms with Crippen molar-refractivity contribution in [3.63, 3.8) is 0 Å². The molecule has 1 fully saturated rings. The van der Waals surface area contributed by atoms with Gasteiger partial charge in [-0.25, -0.2) is 4.98 Å². The molecule has 122 valence electrons. The third-order valence-corrected chi connectivity index (χ3v) is 4.05. The van der Waals surface area contributed by atoms with E-state index in [9.17, 15) is 4.79 Å². The molecule has 1 aliphatic rings. The van der Waals surface area contributed by atoms with E-state index in [0.29, 0.717) is 12.3 Å². The average Bonchev–Trinajstić information content (AvgIpc) is 3.03. The summed E-state index contributed by atoms with van der Waals surface area (Å²) in [4.78, 5) is 21.0. The van der Waals surface area contributed by atoms with Gasteiger partial charge in [-0.1, -0.05) is 6.07 Å². The highest BCUT2D eigenvalue weighted by molar-refractivity contribution is 5.91. The molecule has 6 nitrogen and oxygen atoms in total. The number of nitrogens with one attached hydrogen (secondary N) is 1. The summed E-state index contributed by atoms with van der Waals surface area (Å²) in [6.07, 6.45) is 4.47. The van der Waals surface area contributed by atoms with Crippen molar-refractivity contribution in [1.29, 1.82) is 0 Å². The fourth-order valence-electron chi connectivity index (χ4n) is 2.66. The second-order valence-corrected chi connectivity index (χ2v) is 5.83. The van der Waals surface area contributed by atoms with Gasteiger partial charge in [0.25, 0.3) is 5.91 Å². The molecular weight excluding hydrogens is 292 g/mol. The van der Waals surface area contributed by atoms with Crippen LogP contribution in [0.1, 0.15) is 22.5 Å². The van der Waals surface area contributed by atoms with Gasteiger partial charge in [0.05, 0.1) is 6.26 Å². The Morgan fingerprint density at radius 3 is 2.91 bits per heavy atom. The summed E-state index contributed by atoms with van der Waals surface area (Å²) < 4.78 is 5.06. The fraction of sp³-hybridized carbons (Fsp3) is 0.412. The first kappa shape index (κ1) is 15.6. The number of rotatable bonds is 4. The largest absolute Gasteiger partial charge is 0.459 e. The van der Waals surface area contributed by atoms with Crippen LogP contribution in [-0.4, -0.2) is 49.0 Å². The van der Waals surface area contributed by atoms with Gasteiger partial charge in [0, 0.05) is 32.4 Å². The maximum Gasteiger partial charge on any atom is 0.287 e. The molecule has 2 aromatic heterocycles. The molecule has 0 unspecified atom stereocenters. The van der Waals surface area contributed by atoms with Crippen molar-refractivity contribution < 1.29 is 9.21 Å². The Hall–Kier alpha value is -2.34. The lowest BCUT2D eigenvalue weighted by atomic mass is 10.2. The molecule has 1 aliphatic heterocycles. The number of anilines is 1. The molecule has 0 aromatic carbocycles. The number of hydrogen-bond donors (Lipinski definition) is 1. The maximum absolute atomic E-state index is 11.8. The second-order valence-electron chi connectivity index (χ2n) is 5.83. The molecule has 0 saturated carbocycles. The summed E-state index contributed by atoms with van der Waals surface area (Å²) in [5.74, 6) is 1.11. The molecule has 0 spiro atoms. The minimum atomic E-state index is -0.213. The Morgan fingerprint density at radius 1 is 1.26 bits per heavy atom. The van der Waals surface area contributed by atoms with Crippen molar-refractivity contribution in [3.05, 3.63) is 48.0 Å². The lowest BCUT2D eigenvalue weighted by Crippen LogP contribution is -2.29. The molecule has 23 heavy (non-hydrogen) atoms. The molecule has 0 bridgehead atoms. The summed E-state index contributed by atoms with van der Waals surface area (Å²) in [6.45, 7) is 4.66. The van der Waals surface area contributed by atoms with Crippen molar-refractivity contribution in [1.82, 2.24) is 15.2 Å². The Balaban J connectivity index is 1.55. The summed E-state index contributed by atoms with van der Waals surface area (Å²) in [7, 11) is 2.15. The quantitative estimate of drug-likeness (QED) is 0.931. The van der Waals surface area contributed by atoms with E-state index in [0.717, 1.165) is 44.0 Å². The summed E-state index contributed by atoms with van der Waals surface area (Å²) in [5.41, 5.74) is 0.973. The van der Waals surface area contributed by atoms with Crippen molar-refractivity contribution in [2.75, 3.05) is 38.1 Å². The number of carbonyl (C=O) groups excluding carboxylic acids is 1. The van der Waals surface area contributed by atoms with Gasteiger partial charge in [0.2, 0.25) is 0 Å². The standard InChI is InChI=1S/C17H22N4O2/c1-20-7-3-8-21(10-9-20)16-6-5-14(12-18-16)13-19-17(22)15-4-2-11-23-15/h2,4-6,11-12H,3,7-10,13H2,1H3,(H,19,22). The van der Waals surface area contributed by atoms with Gasteiger partial charge in [0.15, 0.2) is 5.76 Å². The lowest BCUT2D eigenvalue weighted by Gasteiger charge is -2.21. The molecule has 3 heterocycles. The predicted octanol–water partition coefficient (Wildman–Crippen LogP) is 1.75. The molecule has 2 aromatic rings. The molecule has 3 rings (SSSR count). The first-order chi connectivity index (χ1) is 11.2. The van der Waals surface area contributed by atoms with Crippen LogP contribution in [0.2, 0.25) is 0 Å². The SMILES string of the molecule is CN1CCCN(c2ccc(CNC(=O)c3ccco3)cn2)CC1. The molecular formula is C17H22N4O2. The van der Waals surface area contributed by atoms with Crippen LogP contribution in [0.25, 0.3) is 0 Å². The fourth-order valence-corrected chi connectivity index (χ4v) is 2.66. The number of likely N-dealkylation sites (N-methyl/N-ethyl adjacent to an activating group) is 1. The number of hydrogen-bond acceptors (Lipinski definition) is 5. The first-order valence-electron chi connectivity index (χ1n) is 7.92. The third kappa shape index (κ3) is 4.10. The topological polar surface area (TPSA) is 61.6 Å². The van der Waals surface area contributed by atoms with Crippen LogP contribution in [0.4, 0.5) is 5.82 Å². The van der Waals surface area contributed by atoms with Gasteiger partial charge in [-0.3, -0.25) is 4.79 Å². The second kappa shape index (κ2) is 7.28. The molecule has 0 radical (unpaired) electrons. The highest BCUT2D eigenvalue weighted by Crippen LogP contribution is 2.14. The van der Waals surface area contributed by atoms with Crippen LogP contribution >= 0.6 is 0 Å². The summed E-state index contributed by atoms with van der Waals surface area (Å²) in [6, 6.07) is 7.38. The lowest BCUT2D eigenvalue weighted by molar-refractivity contribution is 0.0923. The normalized spacial score (nSPS) is 16.1. The van der Waals surface area contributed by atoms with E-state index < -0.39 is 0 Å². The number of carbonyl (C=O) groups is 1. The molecule has 6 heteroatoms. The summed E-state index contributed by atoms with van der Waals surface area (Å²) in [5, 5.41) is 2.82. The summed E-state index contributed by atoms with van der Waals surface area (Å²) >= 11 is 0. The van der Waals surface area contributed by atoms with Crippen LogP contribution in [0.15, 0.2) is 41.1 Å². The number of amides is 1. The Labute approximate surface area is 136 Å². The molecule has 1 amide bonds. The highest BCUT2D eigenvalue weighted by atomic mass is 16.3. The van der Waals surface area contributed by atoms with E-state index in [4.69, 9.17) is 4.42 Å². The van der Waals surface area contributed by atoms with Gasteiger partial charge in [-0.2, -0.15) is 0 Å². The van der Waals surface area contributed by atoms with E-state index in [1.54, 1.807) is 12.1 Å². The van der Waals surface area contributed by atoms with Crippen LogP contribution in [-0.2, 0) is 6.54 Å². The Kier molecular flexibility index (Phi) is 4.92. The van der Waals surface area contributed by atoms with Gasteiger partial charge in [0.1, 0.15) is 5.82 Å². The predicted molar refractivity (Wildman–Crippen MR) is 88.4 cm³/mol. The van der Waals surface area contributed by atoms with E-state index in [2.05, 4.69) is 27.1 Å². The van der Waals surface area contributed by atoms with Crippen LogP contribution in [0.3, 0.4) is 0 Å². The number of furan rings is 1.